The lowest BCUT2D eigenvalue weighted by Crippen LogP contribution is -2.24. The summed E-state index contributed by atoms with van der Waals surface area (Å²) in [6.07, 6.45) is 2.61. The average Bonchev–Trinajstić information content (AvgIpc) is 2.80. The Morgan fingerprint density at radius 2 is 2.19 bits per heavy atom. The SMILES string of the molecule is NC(=O)C[C@@H](c1ccccc1)[C@@H]1CCCO1. The van der Waals surface area contributed by atoms with Crippen molar-refractivity contribution >= 4 is 5.91 Å². The number of nitrogens with two attached hydrogens (primary N) is 1. The number of primary amides is 1. The van der Waals surface area contributed by atoms with Crippen LogP contribution in [-0.2, 0) is 9.53 Å². The largest absolute Gasteiger partial charge is 0.378 e. The second-order valence-corrected chi connectivity index (χ2v) is 4.24. The number of ether oxygens (including phenoxy) is 1. The Morgan fingerprint density at radius 3 is 2.75 bits per heavy atom. The summed E-state index contributed by atoms with van der Waals surface area (Å²) in [5.41, 5.74) is 6.45. The van der Waals surface area contributed by atoms with E-state index in [2.05, 4.69) is 0 Å². The van der Waals surface area contributed by atoms with Crippen LogP contribution in [0.15, 0.2) is 30.3 Å². The summed E-state index contributed by atoms with van der Waals surface area (Å²) in [6.45, 7) is 0.798. The van der Waals surface area contributed by atoms with Crippen molar-refractivity contribution in [3.05, 3.63) is 35.9 Å². The van der Waals surface area contributed by atoms with Crippen LogP contribution in [0, 0.1) is 0 Å². The molecule has 0 saturated carbocycles. The van der Waals surface area contributed by atoms with E-state index < -0.39 is 0 Å². The first-order chi connectivity index (χ1) is 7.77. The molecule has 0 unspecified atom stereocenters. The quantitative estimate of drug-likeness (QED) is 0.839. The van der Waals surface area contributed by atoms with Gasteiger partial charge in [-0.2, -0.15) is 0 Å². The predicted octanol–water partition coefficient (Wildman–Crippen LogP) is 1.82. The van der Waals surface area contributed by atoms with Crippen molar-refractivity contribution in [3.63, 3.8) is 0 Å². The average molecular weight is 219 g/mol. The Labute approximate surface area is 95.6 Å². The van der Waals surface area contributed by atoms with Crippen molar-refractivity contribution in [1.82, 2.24) is 0 Å². The molecule has 2 rings (SSSR count). The van der Waals surface area contributed by atoms with E-state index in [0.29, 0.717) is 6.42 Å². The van der Waals surface area contributed by atoms with E-state index >= 15 is 0 Å². The second-order valence-electron chi connectivity index (χ2n) is 4.24. The van der Waals surface area contributed by atoms with Crippen molar-refractivity contribution in [2.24, 2.45) is 5.73 Å². The minimum atomic E-state index is -0.260. The maximum absolute atomic E-state index is 11.1. The topological polar surface area (TPSA) is 52.3 Å². The Balaban J connectivity index is 2.16. The fourth-order valence-corrected chi connectivity index (χ4v) is 2.30. The maximum Gasteiger partial charge on any atom is 0.218 e. The molecule has 0 aliphatic carbocycles. The molecule has 1 amide bonds. The molecule has 1 aromatic carbocycles. The highest BCUT2D eigenvalue weighted by molar-refractivity contribution is 5.74. The van der Waals surface area contributed by atoms with Crippen LogP contribution in [0.2, 0.25) is 0 Å². The van der Waals surface area contributed by atoms with E-state index in [4.69, 9.17) is 10.5 Å². The molecule has 1 saturated heterocycles. The Kier molecular flexibility index (Phi) is 3.57. The molecule has 0 bridgehead atoms. The van der Waals surface area contributed by atoms with Crippen LogP contribution in [0.1, 0.15) is 30.7 Å². The lowest BCUT2D eigenvalue weighted by molar-refractivity contribution is -0.119. The molecule has 0 spiro atoms. The van der Waals surface area contributed by atoms with Crippen LogP contribution >= 0.6 is 0 Å². The fraction of sp³-hybridized carbons (Fsp3) is 0.462. The predicted molar refractivity (Wildman–Crippen MR) is 62.0 cm³/mol. The number of hydrogen-bond acceptors (Lipinski definition) is 2. The summed E-state index contributed by atoms with van der Waals surface area (Å²) in [4.78, 5) is 11.1. The number of carbonyl (C=O) groups excluding carboxylic acids is 1. The lowest BCUT2D eigenvalue weighted by atomic mass is 9.89. The van der Waals surface area contributed by atoms with Gasteiger partial charge < -0.3 is 10.5 Å². The molecule has 1 aliphatic heterocycles. The molecule has 1 fully saturated rings. The number of hydrogen-bond donors (Lipinski definition) is 1. The molecule has 1 aliphatic rings. The highest BCUT2D eigenvalue weighted by atomic mass is 16.5. The molecule has 2 atom stereocenters. The highest BCUT2D eigenvalue weighted by Crippen LogP contribution is 2.31. The van der Waals surface area contributed by atoms with E-state index in [-0.39, 0.29) is 17.9 Å². The zero-order valence-electron chi connectivity index (χ0n) is 9.26. The van der Waals surface area contributed by atoms with Crippen LogP contribution in [0.5, 0.6) is 0 Å². The standard InChI is InChI=1S/C13H17NO2/c14-13(15)9-11(12-7-4-8-16-12)10-5-2-1-3-6-10/h1-3,5-6,11-12H,4,7-9H2,(H2,14,15)/t11-,12-/m0/s1. The normalized spacial score (nSPS) is 21.9. The highest BCUT2D eigenvalue weighted by Gasteiger charge is 2.28. The molecule has 86 valence electrons. The zero-order chi connectivity index (χ0) is 11.4. The summed E-state index contributed by atoms with van der Waals surface area (Å²) in [6, 6.07) is 10.0. The van der Waals surface area contributed by atoms with Crippen LogP contribution in [0.4, 0.5) is 0 Å². The van der Waals surface area contributed by atoms with Crippen molar-refractivity contribution in [3.8, 4) is 0 Å². The number of amides is 1. The molecule has 3 heteroatoms. The van der Waals surface area contributed by atoms with Crippen molar-refractivity contribution in [2.75, 3.05) is 6.61 Å². The van der Waals surface area contributed by atoms with Crippen molar-refractivity contribution in [2.45, 2.75) is 31.3 Å². The van der Waals surface area contributed by atoms with Gasteiger partial charge in [0.1, 0.15) is 0 Å². The third-order valence-corrected chi connectivity index (χ3v) is 3.06. The van der Waals surface area contributed by atoms with Crippen LogP contribution in [-0.4, -0.2) is 18.6 Å². The van der Waals surface area contributed by atoms with Gasteiger partial charge in [-0.15, -0.1) is 0 Å². The summed E-state index contributed by atoms with van der Waals surface area (Å²) in [5, 5.41) is 0. The van der Waals surface area contributed by atoms with E-state index in [1.807, 2.05) is 30.3 Å². The molecular weight excluding hydrogens is 202 g/mol. The molecule has 2 N–H and O–H groups in total. The van der Waals surface area contributed by atoms with Gasteiger partial charge >= 0.3 is 0 Å². The molecule has 0 aromatic heterocycles. The van der Waals surface area contributed by atoms with E-state index in [1.54, 1.807) is 0 Å². The summed E-state index contributed by atoms with van der Waals surface area (Å²) in [5.74, 6) is -0.148. The molecule has 16 heavy (non-hydrogen) atoms. The molecule has 1 aromatic rings. The second kappa shape index (κ2) is 5.12. The first kappa shape index (κ1) is 11.1. The minimum absolute atomic E-state index is 0.112. The monoisotopic (exact) mass is 219 g/mol. The fourth-order valence-electron chi connectivity index (χ4n) is 2.30. The van der Waals surface area contributed by atoms with Gasteiger partial charge in [-0.25, -0.2) is 0 Å². The van der Waals surface area contributed by atoms with Gasteiger partial charge in [0.05, 0.1) is 6.10 Å². The van der Waals surface area contributed by atoms with Crippen LogP contribution in [0.25, 0.3) is 0 Å². The zero-order valence-corrected chi connectivity index (χ0v) is 9.26. The third-order valence-electron chi connectivity index (χ3n) is 3.06. The minimum Gasteiger partial charge on any atom is -0.378 e. The van der Waals surface area contributed by atoms with E-state index in [0.717, 1.165) is 25.0 Å². The smallest absolute Gasteiger partial charge is 0.218 e. The van der Waals surface area contributed by atoms with Gasteiger partial charge in [0, 0.05) is 18.9 Å². The molecule has 3 nitrogen and oxygen atoms in total. The van der Waals surface area contributed by atoms with Gasteiger partial charge in [0.15, 0.2) is 0 Å². The molecular formula is C13H17NO2. The Hall–Kier alpha value is -1.35. The third kappa shape index (κ3) is 2.61. The number of carbonyl (C=O) groups is 1. The molecule has 1 heterocycles. The van der Waals surface area contributed by atoms with Gasteiger partial charge in [0.25, 0.3) is 0 Å². The number of benzene rings is 1. The van der Waals surface area contributed by atoms with Gasteiger partial charge in [0.2, 0.25) is 5.91 Å². The first-order valence-corrected chi connectivity index (χ1v) is 5.72. The van der Waals surface area contributed by atoms with Crippen molar-refractivity contribution in [1.29, 1.82) is 0 Å². The Bertz CT molecular complexity index is 344. The Morgan fingerprint density at radius 1 is 1.44 bits per heavy atom. The van der Waals surface area contributed by atoms with E-state index in [9.17, 15) is 4.79 Å². The maximum atomic E-state index is 11.1. The first-order valence-electron chi connectivity index (χ1n) is 5.72. The van der Waals surface area contributed by atoms with Crippen LogP contribution < -0.4 is 5.73 Å². The number of rotatable bonds is 4. The summed E-state index contributed by atoms with van der Waals surface area (Å²) in [7, 11) is 0. The van der Waals surface area contributed by atoms with Crippen LogP contribution in [0.3, 0.4) is 0 Å². The van der Waals surface area contributed by atoms with E-state index in [1.165, 1.54) is 0 Å². The lowest BCUT2D eigenvalue weighted by Gasteiger charge is -2.22. The van der Waals surface area contributed by atoms with Crippen molar-refractivity contribution < 1.29 is 9.53 Å². The van der Waals surface area contributed by atoms with Gasteiger partial charge in [-0.3, -0.25) is 4.79 Å². The molecule has 0 radical (unpaired) electrons. The summed E-state index contributed by atoms with van der Waals surface area (Å²) >= 11 is 0. The van der Waals surface area contributed by atoms with Gasteiger partial charge in [-0.05, 0) is 18.4 Å². The van der Waals surface area contributed by atoms with Gasteiger partial charge in [-0.1, -0.05) is 30.3 Å². The summed E-state index contributed by atoms with van der Waals surface area (Å²) < 4.78 is 5.66.